The second-order valence-electron chi connectivity index (χ2n) is 8.03. The monoisotopic (exact) mass is 566 g/mol. The van der Waals surface area contributed by atoms with Crippen LogP contribution in [0, 0.1) is 0 Å². The van der Waals surface area contributed by atoms with E-state index >= 15 is 0 Å². The van der Waals surface area contributed by atoms with Gasteiger partial charge in [-0.25, -0.2) is 4.98 Å². The first-order valence-electron chi connectivity index (χ1n) is 11.8. The highest BCUT2D eigenvalue weighted by Crippen LogP contribution is 2.27. The summed E-state index contributed by atoms with van der Waals surface area (Å²) in [7, 11) is 1.72. The zero-order valence-electron chi connectivity index (χ0n) is 19.9. The predicted molar refractivity (Wildman–Crippen MR) is 148 cm³/mol. The number of hydrogen-bond donors (Lipinski definition) is 3. The molecule has 2 aromatic rings. The lowest BCUT2D eigenvalue weighted by molar-refractivity contribution is 0.251. The Bertz CT molecular complexity index is 814. The lowest BCUT2D eigenvalue weighted by atomic mass is 10.1. The van der Waals surface area contributed by atoms with Gasteiger partial charge >= 0.3 is 0 Å². The Kier molecular flexibility index (Phi) is 12.9. The molecule has 1 aliphatic rings. The molecule has 1 aromatic heterocycles. The van der Waals surface area contributed by atoms with Crippen molar-refractivity contribution in [3.8, 4) is 5.75 Å². The van der Waals surface area contributed by atoms with E-state index in [1.807, 2.05) is 30.5 Å². The number of hydrogen-bond acceptors (Lipinski definition) is 5. The van der Waals surface area contributed by atoms with Crippen molar-refractivity contribution in [1.82, 2.24) is 20.5 Å². The Labute approximate surface area is 215 Å². The van der Waals surface area contributed by atoms with Gasteiger partial charge in [0.25, 0.3) is 0 Å². The number of pyridine rings is 1. The number of ether oxygens (including phenoxy) is 1. The number of nitrogens with one attached hydrogen (secondary N) is 3. The van der Waals surface area contributed by atoms with E-state index in [1.165, 1.54) is 18.4 Å². The second kappa shape index (κ2) is 15.7. The average molecular weight is 567 g/mol. The van der Waals surface area contributed by atoms with E-state index in [0.717, 1.165) is 69.6 Å². The van der Waals surface area contributed by atoms with Crippen molar-refractivity contribution in [3.63, 3.8) is 0 Å². The molecule has 0 bridgehead atoms. The van der Waals surface area contributed by atoms with Gasteiger partial charge in [0.2, 0.25) is 0 Å². The van der Waals surface area contributed by atoms with Crippen molar-refractivity contribution in [2.45, 2.75) is 38.6 Å². The van der Waals surface area contributed by atoms with E-state index in [9.17, 15) is 0 Å². The highest BCUT2D eigenvalue weighted by Gasteiger charge is 2.23. The first-order chi connectivity index (χ1) is 15.8. The minimum atomic E-state index is 0. The minimum absolute atomic E-state index is 0. The lowest BCUT2D eigenvalue weighted by Crippen LogP contribution is -2.39. The third-order valence-corrected chi connectivity index (χ3v) is 5.69. The summed E-state index contributed by atoms with van der Waals surface area (Å²) in [5.41, 5.74) is 1.27. The summed E-state index contributed by atoms with van der Waals surface area (Å²) >= 11 is 0. The fourth-order valence-electron chi connectivity index (χ4n) is 3.99. The van der Waals surface area contributed by atoms with Gasteiger partial charge < -0.3 is 20.7 Å². The number of nitrogens with zero attached hydrogens (tertiary/aromatic N) is 3. The maximum atomic E-state index is 5.46. The van der Waals surface area contributed by atoms with Crippen LogP contribution in [0.2, 0.25) is 0 Å². The van der Waals surface area contributed by atoms with Crippen LogP contribution in [0.3, 0.4) is 0 Å². The van der Waals surface area contributed by atoms with Crippen molar-refractivity contribution >= 4 is 35.8 Å². The number of aromatic nitrogens is 1. The van der Waals surface area contributed by atoms with Crippen LogP contribution < -0.4 is 20.7 Å². The minimum Gasteiger partial charge on any atom is -0.497 e. The van der Waals surface area contributed by atoms with Crippen LogP contribution in [0.15, 0.2) is 53.7 Å². The second-order valence-corrected chi connectivity index (χ2v) is 8.03. The number of guanidine groups is 1. The summed E-state index contributed by atoms with van der Waals surface area (Å²) in [6, 6.07) is 14.6. The molecule has 1 aromatic carbocycles. The van der Waals surface area contributed by atoms with Crippen molar-refractivity contribution in [2.75, 3.05) is 51.7 Å². The van der Waals surface area contributed by atoms with Gasteiger partial charge in [-0.2, -0.15) is 0 Å². The van der Waals surface area contributed by atoms with Gasteiger partial charge in [-0.1, -0.05) is 18.2 Å². The Hall–Kier alpha value is -2.07. The molecule has 1 atom stereocenters. The number of aliphatic imine (C=N–C) groups is 1. The van der Waals surface area contributed by atoms with E-state index in [2.05, 4.69) is 51.0 Å². The number of methoxy groups -OCH3 is 1. The Morgan fingerprint density at radius 2 is 1.91 bits per heavy atom. The molecule has 1 aliphatic heterocycles. The Morgan fingerprint density at radius 3 is 2.64 bits per heavy atom. The third-order valence-electron chi connectivity index (χ3n) is 5.69. The molecular weight excluding hydrogens is 527 g/mol. The lowest BCUT2D eigenvalue weighted by Gasteiger charge is -2.27. The third kappa shape index (κ3) is 9.37. The van der Waals surface area contributed by atoms with E-state index in [-0.39, 0.29) is 30.0 Å². The SMILES string of the molecule is CCNC(=NCC(c1cccc(OC)c1)N1CCCC1)NCCCCNc1ccccn1.I. The molecule has 8 heteroatoms. The van der Waals surface area contributed by atoms with Crippen molar-refractivity contribution in [2.24, 2.45) is 4.99 Å². The zero-order chi connectivity index (χ0) is 22.4. The smallest absolute Gasteiger partial charge is 0.191 e. The van der Waals surface area contributed by atoms with Crippen LogP contribution >= 0.6 is 24.0 Å². The summed E-state index contributed by atoms with van der Waals surface area (Å²) in [6.07, 6.45) is 6.47. The summed E-state index contributed by atoms with van der Waals surface area (Å²) in [6.45, 7) is 7.75. The molecule has 0 saturated carbocycles. The molecule has 7 nitrogen and oxygen atoms in total. The standard InChI is InChI=1S/C25H38N6O.HI/c1-3-26-25(29-16-7-6-15-28-24-13-4-5-14-27-24)30-20-23(31-17-8-9-18-31)21-11-10-12-22(19-21)32-2;/h4-5,10-14,19,23H,3,6-9,15-18,20H2,1-2H3,(H,27,28)(H2,26,29,30);1H. The number of anilines is 1. The van der Waals surface area contributed by atoms with E-state index in [4.69, 9.17) is 9.73 Å². The molecule has 33 heavy (non-hydrogen) atoms. The number of rotatable bonds is 12. The van der Waals surface area contributed by atoms with Crippen LogP contribution in [0.4, 0.5) is 5.82 Å². The van der Waals surface area contributed by atoms with Gasteiger partial charge in [-0.15, -0.1) is 24.0 Å². The predicted octanol–water partition coefficient (Wildman–Crippen LogP) is 4.29. The Morgan fingerprint density at radius 1 is 1.09 bits per heavy atom. The van der Waals surface area contributed by atoms with Gasteiger partial charge in [-0.05, 0) is 75.5 Å². The van der Waals surface area contributed by atoms with Gasteiger partial charge in [0.1, 0.15) is 11.6 Å². The molecular formula is C25H39IN6O. The number of unbranched alkanes of at least 4 members (excludes halogenated alkanes) is 1. The molecule has 3 N–H and O–H groups in total. The number of likely N-dealkylation sites (tertiary alicyclic amines) is 1. The summed E-state index contributed by atoms with van der Waals surface area (Å²) < 4.78 is 5.46. The fraction of sp³-hybridized carbons (Fsp3) is 0.520. The molecule has 0 aliphatic carbocycles. The zero-order valence-corrected chi connectivity index (χ0v) is 22.3. The number of benzene rings is 1. The molecule has 1 saturated heterocycles. The molecule has 3 rings (SSSR count). The first-order valence-corrected chi connectivity index (χ1v) is 11.8. The topological polar surface area (TPSA) is 73.8 Å². The largest absolute Gasteiger partial charge is 0.497 e. The maximum absolute atomic E-state index is 5.46. The molecule has 0 radical (unpaired) electrons. The van der Waals surface area contributed by atoms with Crippen LogP contribution in [-0.2, 0) is 0 Å². The molecule has 1 fully saturated rings. The molecule has 0 amide bonds. The maximum Gasteiger partial charge on any atom is 0.191 e. The normalized spacial score (nSPS) is 14.9. The molecule has 1 unspecified atom stereocenters. The van der Waals surface area contributed by atoms with Gasteiger partial charge in [0, 0.05) is 25.8 Å². The van der Waals surface area contributed by atoms with Crippen LogP contribution in [-0.4, -0.2) is 62.2 Å². The molecule has 0 spiro atoms. The van der Waals surface area contributed by atoms with E-state index < -0.39 is 0 Å². The first kappa shape index (κ1) is 27.2. The Balaban J connectivity index is 0.00000385. The average Bonchev–Trinajstić information content (AvgIpc) is 3.37. The highest BCUT2D eigenvalue weighted by atomic mass is 127. The molecule has 2 heterocycles. The van der Waals surface area contributed by atoms with Gasteiger partial charge in [0.15, 0.2) is 5.96 Å². The summed E-state index contributed by atoms with van der Waals surface area (Å²) in [5.74, 6) is 2.72. The van der Waals surface area contributed by atoms with Crippen molar-refractivity contribution < 1.29 is 4.74 Å². The van der Waals surface area contributed by atoms with E-state index in [1.54, 1.807) is 7.11 Å². The summed E-state index contributed by atoms with van der Waals surface area (Å²) in [4.78, 5) is 11.8. The van der Waals surface area contributed by atoms with Crippen LogP contribution in [0.25, 0.3) is 0 Å². The van der Waals surface area contributed by atoms with Crippen LogP contribution in [0.1, 0.15) is 44.2 Å². The van der Waals surface area contributed by atoms with E-state index in [0.29, 0.717) is 0 Å². The van der Waals surface area contributed by atoms with Crippen molar-refractivity contribution in [1.29, 1.82) is 0 Å². The summed E-state index contributed by atoms with van der Waals surface area (Å²) in [5, 5.41) is 10.2. The highest BCUT2D eigenvalue weighted by molar-refractivity contribution is 14.0. The van der Waals surface area contributed by atoms with Gasteiger partial charge in [-0.3, -0.25) is 9.89 Å². The molecule has 182 valence electrons. The van der Waals surface area contributed by atoms with Gasteiger partial charge in [0.05, 0.1) is 19.7 Å². The number of halogens is 1. The van der Waals surface area contributed by atoms with Crippen LogP contribution in [0.5, 0.6) is 5.75 Å². The van der Waals surface area contributed by atoms with Crippen molar-refractivity contribution in [3.05, 3.63) is 54.2 Å². The fourth-order valence-corrected chi connectivity index (χ4v) is 3.99. The quantitative estimate of drug-likeness (QED) is 0.154.